The number of benzene rings is 1. The van der Waals surface area contributed by atoms with E-state index in [2.05, 4.69) is 32.0 Å². The number of piperidine rings is 1. The number of rotatable bonds is 1. The minimum Gasteiger partial charge on any atom is -0.397 e. The van der Waals surface area contributed by atoms with E-state index < -0.39 is 0 Å². The summed E-state index contributed by atoms with van der Waals surface area (Å²) >= 11 is 1.42. The molecular formula is C19H21N3OS. The van der Waals surface area contributed by atoms with Crippen LogP contribution in [-0.4, -0.2) is 28.9 Å². The van der Waals surface area contributed by atoms with Crippen molar-refractivity contribution < 1.29 is 4.79 Å². The fourth-order valence-corrected chi connectivity index (χ4v) is 4.55. The van der Waals surface area contributed by atoms with Crippen molar-refractivity contribution in [2.24, 2.45) is 5.92 Å². The molecule has 0 unspecified atom stereocenters. The summed E-state index contributed by atoms with van der Waals surface area (Å²) in [5, 5.41) is 1.96. The van der Waals surface area contributed by atoms with Gasteiger partial charge in [-0.3, -0.25) is 4.79 Å². The van der Waals surface area contributed by atoms with Crippen molar-refractivity contribution in [3.63, 3.8) is 0 Å². The van der Waals surface area contributed by atoms with Gasteiger partial charge in [0.1, 0.15) is 9.71 Å². The topological polar surface area (TPSA) is 59.2 Å². The van der Waals surface area contributed by atoms with Crippen LogP contribution < -0.4 is 5.73 Å². The van der Waals surface area contributed by atoms with Gasteiger partial charge in [-0.05, 0) is 43.9 Å². The van der Waals surface area contributed by atoms with E-state index in [1.54, 1.807) is 0 Å². The number of fused-ring (bicyclic) bond motifs is 2. The smallest absolute Gasteiger partial charge is 0.266 e. The van der Waals surface area contributed by atoms with Gasteiger partial charge in [-0.15, -0.1) is 11.3 Å². The maximum absolute atomic E-state index is 12.9. The molecule has 1 aromatic carbocycles. The highest BCUT2D eigenvalue weighted by atomic mass is 32.1. The highest BCUT2D eigenvalue weighted by molar-refractivity contribution is 7.21. The first kappa shape index (κ1) is 15.4. The third-order valence-corrected chi connectivity index (χ3v) is 5.91. The van der Waals surface area contributed by atoms with Crippen LogP contribution in [0.3, 0.4) is 0 Å². The molecule has 2 aromatic heterocycles. The summed E-state index contributed by atoms with van der Waals surface area (Å²) < 4.78 is 0. The van der Waals surface area contributed by atoms with Gasteiger partial charge in [0, 0.05) is 23.9 Å². The Bertz CT molecular complexity index is 947. The molecule has 4 rings (SSSR count). The molecule has 2 N–H and O–H groups in total. The zero-order valence-electron chi connectivity index (χ0n) is 14.0. The van der Waals surface area contributed by atoms with Crippen LogP contribution in [-0.2, 0) is 0 Å². The number of anilines is 1. The lowest BCUT2D eigenvalue weighted by atomic mass is 10.00. The zero-order valence-corrected chi connectivity index (χ0v) is 14.8. The van der Waals surface area contributed by atoms with Crippen LogP contribution in [0.15, 0.2) is 24.3 Å². The first-order chi connectivity index (χ1) is 11.5. The van der Waals surface area contributed by atoms with Crippen LogP contribution in [0.2, 0.25) is 0 Å². The summed E-state index contributed by atoms with van der Waals surface area (Å²) in [5.41, 5.74) is 9.05. The van der Waals surface area contributed by atoms with E-state index in [1.807, 2.05) is 11.0 Å². The fourth-order valence-electron chi connectivity index (χ4n) is 3.50. The number of nitrogen functional groups attached to an aromatic ring is 1. The lowest BCUT2D eigenvalue weighted by Gasteiger charge is -2.30. The predicted octanol–water partition coefficient (Wildman–Crippen LogP) is 4.21. The highest BCUT2D eigenvalue weighted by Gasteiger charge is 2.26. The van der Waals surface area contributed by atoms with Gasteiger partial charge in [0.25, 0.3) is 5.91 Å². The number of carbonyl (C=O) groups is 1. The largest absolute Gasteiger partial charge is 0.397 e. The quantitative estimate of drug-likeness (QED) is 0.722. The van der Waals surface area contributed by atoms with Crippen LogP contribution in [0.25, 0.3) is 21.1 Å². The molecule has 1 saturated heterocycles. The SMILES string of the molecule is Cc1ccc2nc3sc(C(=O)N4CCC[C@@H](C)C4)c(N)c3cc2c1. The lowest BCUT2D eigenvalue weighted by Crippen LogP contribution is -2.38. The van der Waals surface area contributed by atoms with Crippen LogP contribution in [0.5, 0.6) is 0 Å². The molecule has 1 amide bonds. The third kappa shape index (κ3) is 2.53. The van der Waals surface area contributed by atoms with E-state index in [9.17, 15) is 4.79 Å². The Morgan fingerprint density at radius 2 is 2.21 bits per heavy atom. The van der Waals surface area contributed by atoms with E-state index in [-0.39, 0.29) is 5.91 Å². The second kappa shape index (κ2) is 5.74. The summed E-state index contributed by atoms with van der Waals surface area (Å²) in [6.45, 7) is 5.91. The number of amides is 1. The van der Waals surface area contributed by atoms with Crippen molar-refractivity contribution in [3.05, 3.63) is 34.7 Å². The van der Waals surface area contributed by atoms with Crippen molar-refractivity contribution in [3.8, 4) is 0 Å². The molecule has 5 heteroatoms. The Balaban J connectivity index is 1.80. The van der Waals surface area contributed by atoms with Gasteiger partial charge in [-0.2, -0.15) is 0 Å². The Labute approximate surface area is 145 Å². The van der Waals surface area contributed by atoms with Crippen LogP contribution in [0.4, 0.5) is 5.69 Å². The Hall–Kier alpha value is -2.14. The van der Waals surface area contributed by atoms with Crippen molar-refractivity contribution in [1.82, 2.24) is 9.88 Å². The number of nitrogens with zero attached hydrogens (tertiary/aromatic N) is 2. The molecule has 124 valence electrons. The fraction of sp³-hybridized carbons (Fsp3) is 0.368. The number of pyridine rings is 1. The number of nitrogens with two attached hydrogens (primary N) is 1. The van der Waals surface area contributed by atoms with Gasteiger partial charge in [0.2, 0.25) is 0 Å². The molecule has 1 fully saturated rings. The molecule has 1 aliphatic heterocycles. The Morgan fingerprint density at radius 1 is 1.38 bits per heavy atom. The standard InChI is InChI=1S/C19H21N3OS/c1-11-5-6-15-13(8-11)9-14-16(20)17(24-18(14)21-15)19(23)22-7-3-4-12(2)10-22/h5-6,8-9,12H,3-4,7,10,20H2,1-2H3/t12-/m1/s1. The van der Waals surface area contributed by atoms with E-state index in [0.717, 1.165) is 40.6 Å². The number of thiophene rings is 1. The second-order valence-corrected chi connectivity index (χ2v) is 7.88. The molecule has 3 heterocycles. The molecule has 0 aliphatic carbocycles. The summed E-state index contributed by atoms with van der Waals surface area (Å²) in [4.78, 5) is 21.0. The molecule has 0 bridgehead atoms. The number of hydrogen-bond donors (Lipinski definition) is 1. The molecule has 1 atom stereocenters. The van der Waals surface area contributed by atoms with Gasteiger partial charge in [0.05, 0.1) is 11.2 Å². The average molecular weight is 339 g/mol. The van der Waals surface area contributed by atoms with Crippen LogP contribution in [0, 0.1) is 12.8 Å². The highest BCUT2D eigenvalue weighted by Crippen LogP contribution is 2.36. The molecule has 1 aliphatic rings. The molecule has 24 heavy (non-hydrogen) atoms. The number of aromatic nitrogens is 1. The number of aryl methyl sites for hydroxylation is 1. The summed E-state index contributed by atoms with van der Waals surface area (Å²) in [6.07, 6.45) is 2.26. The van der Waals surface area contributed by atoms with E-state index >= 15 is 0 Å². The Morgan fingerprint density at radius 3 is 3.00 bits per heavy atom. The van der Waals surface area contributed by atoms with Gasteiger partial charge in [-0.1, -0.05) is 18.6 Å². The van der Waals surface area contributed by atoms with Crippen LogP contribution >= 0.6 is 11.3 Å². The van der Waals surface area contributed by atoms with Crippen LogP contribution in [0.1, 0.15) is 35.0 Å². The monoisotopic (exact) mass is 339 g/mol. The number of hydrogen-bond acceptors (Lipinski definition) is 4. The van der Waals surface area contributed by atoms with Crippen molar-refractivity contribution in [2.75, 3.05) is 18.8 Å². The van der Waals surface area contributed by atoms with Gasteiger partial charge < -0.3 is 10.6 Å². The molecular weight excluding hydrogens is 318 g/mol. The molecule has 3 aromatic rings. The summed E-state index contributed by atoms with van der Waals surface area (Å²) in [5.74, 6) is 0.615. The molecule has 0 spiro atoms. The first-order valence-electron chi connectivity index (χ1n) is 8.41. The number of carbonyl (C=O) groups excluding carboxylic acids is 1. The minimum absolute atomic E-state index is 0.0577. The third-order valence-electron chi connectivity index (χ3n) is 4.81. The van der Waals surface area contributed by atoms with Gasteiger partial charge >= 0.3 is 0 Å². The van der Waals surface area contributed by atoms with E-state index in [0.29, 0.717) is 16.5 Å². The predicted molar refractivity (Wildman–Crippen MR) is 101 cm³/mol. The molecule has 0 radical (unpaired) electrons. The average Bonchev–Trinajstić information content (AvgIpc) is 2.88. The summed E-state index contributed by atoms with van der Waals surface area (Å²) in [6, 6.07) is 8.24. The normalized spacial score (nSPS) is 18.4. The van der Waals surface area contributed by atoms with Crippen molar-refractivity contribution in [2.45, 2.75) is 26.7 Å². The maximum atomic E-state index is 12.9. The number of likely N-dealkylation sites (tertiary alicyclic amines) is 1. The molecule has 4 nitrogen and oxygen atoms in total. The second-order valence-electron chi connectivity index (χ2n) is 6.88. The van der Waals surface area contributed by atoms with Gasteiger partial charge in [-0.25, -0.2) is 4.98 Å². The molecule has 0 saturated carbocycles. The van der Waals surface area contributed by atoms with Crippen molar-refractivity contribution in [1.29, 1.82) is 0 Å². The van der Waals surface area contributed by atoms with E-state index in [4.69, 9.17) is 10.7 Å². The van der Waals surface area contributed by atoms with Crippen molar-refractivity contribution >= 4 is 44.1 Å². The lowest BCUT2D eigenvalue weighted by molar-refractivity contribution is 0.0689. The zero-order chi connectivity index (χ0) is 16.8. The minimum atomic E-state index is 0.0577. The summed E-state index contributed by atoms with van der Waals surface area (Å²) in [7, 11) is 0. The van der Waals surface area contributed by atoms with Gasteiger partial charge in [0.15, 0.2) is 0 Å². The Kier molecular flexibility index (Phi) is 3.68. The van der Waals surface area contributed by atoms with E-state index in [1.165, 1.54) is 23.3 Å². The first-order valence-corrected chi connectivity index (χ1v) is 9.23. The maximum Gasteiger partial charge on any atom is 0.266 e.